The van der Waals surface area contributed by atoms with Crippen LogP contribution in [0.25, 0.3) is 0 Å². The summed E-state index contributed by atoms with van der Waals surface area (Å²) in [4.78, 5) is 0.0800. The van der Waals surface area contributed by atoms with Gasteiger partial charge in [-0.25, -0.2) is 13.1 Å². The van der Waals surface area contributed by atoms with Gasteiger partial charge in [-0.05, 0) is 43.9 Å². The summed E-state index contributed by atoms with van der Waals surface area (Å²) in [5, 5.41) is 8.93. The molecule has 1 aliphatic carbocycles. The van der Waals surface area contributed by atoms with Crippen molar-refractivity contribution >= 4 is 34.0 Å². The van der Waals surface area contributed by atoms with Gasteiger partial charge in [0.2, 0.25) is 10.0 Å². The van der Waals surface area contributed by atoms with Crippen molar-refractivity contribution in [1.29, 1.82) is 5.26 Å². The predicted octanol–water partition coefficient (Wildman–Crippen LogP) is 2.18. The highest BCUT2D eigenvalue weighted by molar-refractivity contribution is 7.89. The smallest absolute Gasteiger partial charge is 0.240 e. The van der Waals surface area contributed by atoms with E-state index in [-0.39, 0.29) is 40.0 Å². The molecule has 5 nitrogen and oxygen atoms in total. The molecular weight excluding hydrogens is 333 g/mol. The number of hydrogen-bond acceptors (Lipinski definition) is 4. The molecule has 0 aromatic heterocycles. The Bertz CT molecular complexity index is 635. The Kier molecular flexibility index (Phi) is 6.44. The van der Waals surface area contributed by atoms with Crippen molar-refractivity contribution in [2.45, 2.75) is 42.7 Å². The van der Waals surface area contributed by atoms with Crippen LogP contribution in [0.15, 0.2) is 23.1 Å². The van der Waals surface area contributed by atoms with E-state index in [1.54, 1.807) is 0 Å². The van der Waals surface area contributed by atoms with E-state index in [2.05, 4.69) is 4.72 Å². The van der Waals surface area contributed by atoms with Crippen molar-refractivity contribution in [3.8, 4) is 6.07 Å². The third-order valence-electron chi connectivity index (χ3n) is 3.46. The molecule has 116 valence electrons. The largest absolute Gasteiger partial charge is 0.328 e. The molecule has 1 fully saturated rings. The fourth-order valence-electron chi connectivity index (χ4n) is 2.28. The molecule has 21 heavy (non-hydrogen) atoms. The molecule has 0 unspecified atom stereocenters. The van der Waals surface area contributed by atoms with Gasteiger partial charge in [-0.15, -0.1) is 12.4 Å². The van der Waals surface area contributed by atoms with E-state index >= 15 is 0 Å². The maximum Gasteiger partial charge on any atom is 0.240 e. The Hall–Kier alpha value is -0.840. The highest BCUT2D eigenvalue weighted by Gasteiger charge is 2.24. The zero-order valence-corrected chi connectivity index (χ0v) is 13.6. The lowest BCUT2D eigenvalue weighted by atomic mass is 9.93. The molecule has 0 amide bonds. The summed E-state index contributed by atoms with van der Waals surface area (Å²) in [6.07, 6.45) is 3.12. The predicted molar refractivity (Wildman–Crippen MR) is 84.0 cm³/mol. The summed E-state index contributed by atoms with van der Waals surface area (Å²) < 4.78 is 27.2. The Morgan fingerprint density at radius 1 is 1.29 bits per heavy atom. The quantitative estimate of drug-likeness (QED) is 0.873. The van der Waals surface area contributed by atoms with Crippen LogP contribution in [0.5, 0.6) is 0 Å². The second-order valence-electron chi connectivity index (χ2n) is 4.99. The number of halogens is 2. The van der Waals surface area contributed by atoms with Crippen LogP contribution in [0, 0.1) is 11.3 Å². The lowest BCUT2D eigenvalue weighted by Gasteiger charge is -2.26. The highest BCUT2D eigenvalue weighted by Crippen LogP contribution is 2.22. The van der Waals surface area contributed by atoms with E-state index < -0.39 is 10.0 Å². The third-order valence-corrected chi connectivity index (χ3v) is 5.30. The van der Waals surface area contributed by atoms with Gasteiger partial charge >= 0.3 is 0 Å². The average Bonchev–Trinajstić information content (AvgIpc) is 2.41. The minimum atomic E-state index is -3.61. The minimum absolute atomic E-state index is 0. The molecule has 2 rings (SSSR count). The van der Waals surface area contributed by atoms with Gasteiger partial charge in [0.25, 0.3) is 0 Å². The molecule has 0 radical (unpaired) electrons. The van der Waals surface area contributed by atoms with E-state index in [1.807, 2.05) is 6.07 Å². The molecule has 0 spiro atoms. The Labute approximate surface area is 135 Å². The number of nitrogens with two attached hydrogens (primary N) is 1. The number of sulfonamides is 1. The number of hydrogen-bond donors (Lipinski definition) is 2. The third kappa shape index (κ3) is 4.56. The first-order valence-electron chi connectivity index (χ1n) is 6.40. The van der Waals surface area contributed by atoms with Crippen LogP contribution in [0.1, 0.15) is 31.2 Å². The van der Waals surface area contributed by atoms with Crippen LogP contribution >= 0.6 is 24.0 Å². The normalized spacial score (nSPS) is 22.1. The van der Waals surface area contributed by atoms with Crippen LogP contribution in [0.3, 0.4) is 0 Å². The number of nitriles is 1. The molecule has 1 aliphatic rings. The molecule has 0 bridgehead atoms. The standard InChI is InChI=1S/C13H16ClN3O2S.ClH/c14-13-7-12(6-1-9(13)8-15)20(18,19)17-11-4-2-10(16)3-5-11;/h1,6-7,10-11,17H,2-5,16H2;1H. The minimum Gasteiger partial charge on any atom is -0.328 e. The van der Waals surface area contributed by atoms with Gasteiger partial charge in [-0.1, -0.05) is 11.6 Å². The lowest BCUT2D eigenvalue weighted by molar-refractivity contribution is 0.373. The molecular formula is C13H17Cl2N3O2S. The van der Waals surface area contributed by atoms with Crippen LogP contribution < -0.4 is 10.5 Å². The first kappa shape index (κ1) is 18.2. The van der Waals surface area contributed by atoms with E-state index in [1.165, 1.54) is 18.2 Å². The van der Waals surface area contributed by atoms with E-state index in [4.69, 9.17) is 22.6 Å². The SMILES string of the molecule is Cl.N#Cc1ccc(S(=O)(=O)NC2CCC(N)CC2)cc1Cl. The van der Waals surface area contributed by atoms with Crippen LogP contribution in [-0.2, 0) is 10.0 Å². The van der Waals surface area contributed by atoms with E-state index in [0.717, 1.165) is 25.7 Å². The van der Waals surface area contributed by atoms with Crippen LogP contribution in [0.2, 0.25) is 5.02 Å². The number of benzene rings is 1. The Morgan fingerprint density at radius 2 is 1.90 bits per heavy atom. The summed E-state index contributed by atoms with van der Waals surface area (Å²) in [5.41, 5.74) is 6.06. The summed E-state index contributed by atoms with van der Waals surface area (Å²) >= 11 is 5.87. The molecule has 8 heteroatoms. The monoisotopic (exact) mass is 349 g/mol. The Balaban J connectivity index is 0.00000220. The van der Waals surface area contributed by atoms with Crippen molar-refractivity contribution in [1.82, 2.24) is 4.72 Å². The highest BCUT2D eigenvalue weighted by atomic mass is 35.5. The average molecular weight is 350 g/mol. The molecule has 0 saturated heterocycles. The number of nitrogens with zero attached hydrogens (tertiary/aromatic N) is 1. The summed E-state index contributed by atoms with van der Waals surface area (Å²) in [7, 11) is -3.61. The van der Waals surface area contributed by atoms with Crippen molar-refractivity contribution in [3.63, 3.8) is 0 Å². The fourth-order valence-corrected chi connectivity index (χ4v) is 3.90. The van der Waals surface area contributed by atoms with Gasteiger partial charge < -0.3 is 5.73 Å². The maximum atomic E-state index is 12.2. The maximum absolute atomic E-state index is 12.2. The molecule has 0 aliphatic heterocycles. The van der Waals surface area contributed by atoms with Crippen molar-refractivity contribution in [3.05, 3.63) is 28.8 Å². The molecule has 1 saturated carbocycles. The topological polar surface area (TPSA) is 96.0 Å². The lowest BCUT2D eigenvalue weighted by Crippen LogP contribution is -2.40. The summed E-state index contributed by atoms with van der Waals surface area (Å²) in [5.74, 6) is 0. The molecule has 1 aromatic carbocycles. The second kappa shape index (κ2) is 7.43. The zero-order valence-electron chi connectivity index (χ0n) is 11.3. The molecule has 0 heterocycles. The first-order chi connectivity index (χ1) is 9.42. The van der Waals surface area contributed by atoms with Gasteiger partial charge in [0.1, 0.15) is 6.07 Å². The van der Waals surface area contributed by atoms with Crippen molar-refractivity contribution in [2.75, 3.05) is 0 Å². The summed E-state index contributed by atoms with van der Waals surface area (Å²) in [6, 6.07) is 6.08. The van der Waals surface area contributed by atoms with Crippen molar-refractivity contribution in [2.24, 2.45) is 5.73 Å². The fraction of sp³-hybridized carbons (Fsp3) is 0.462. The Morgan fingerprint density at radius 3 is 2.43 bits per heavy atom. The van der Waals surface area contributed by atoms with Gasteiger partial charge in [-0.3, -0.25) is 0 Å². The number of rotatable bonds is 3. The molecule has 1 aromatic rings. The van der Waals surface area contributed by atoms with Gasteiger partial charge in [0.15, 0.2) is 0 Å². The van der Waals surface area contributed by atoms with E-state index in [0.29, 0.717) is 0 Å². The van der Waals surface area contributed by atoms with Crippen LogP contribution in [-0.4, -0.2) is 20.5 Å². The molecule has 0 atom stereocenters. The van der Waals surface area contributed by atoms with E-state index in [9.17, 15) is 8.42 Å². The van der Waals surface area contributed by atoms with Crippen LogP contribution in [0.4, 0.5) is 0 Å². The van der Waals surface area contributed by atoms with Gasteiger partial charge in [0.05, 0.1) is 15.5 Å². The van der Waals surface area contributed by atoms with Gasteiger partial charge in [0, 0.05) is 12.1 Å². The second-order valence-corrected chi connectivity index (χ2v) is 7.11. The first-order valence-corrected chi connectivity index (χ1v) is 8.26. The van der Waals surface area contributed by atoms with Gasteiger partial charge in [-0.2, -0.15) is 5.26 Å². The van der Waals surface area contributed by atoms with Crippen molar-refractivity contribution < 1.29 is 8.42 Å². The number of nitrogens with one attached hydrogen (secondary N) is 1. The summed E-state index contributed by atoms with van der Waals surface area (Å²) in [6.45, 7) is 0. The zero-order chi connectivity index (χ0) is 14.8. The molecule has 3 N–H and O–H groups in total.